The predicted octanol–water partition coefficient (Wildman–Crippen LogP) is 2.94. The molecule has 0 saturated heterocycles. The summed E-state index contributed by atoms with van der Waals surface area (Å²) < 4.78 is 31.2. The Morgan fingerprint density at radius 1 is 1.04 bits per heavy atom. The molecule has 0 N–H and O–H groups in total. The highest BCUT2D eigenvalue weighted by atomic mass is 32.2. The van der Waals surface area contributed by atoms with Gasteiger partial charge >= 0.3 is 0 Å². The molecule has 1 atom stereocenters. The van der Waals surface area contributed by atoms with Crippen molar-refractivity contribution in [2.24, 2.45) is 0 Å². The summed E-state index contributed by atoms with van der Waals surface area (Å²) in [5.74, 6) is 0.683. The molecule has 6 heteroatoms. The molecule has 0 fully saturated rings. The Labute approximate surface area is 156 Å². The first-order chi connectivity index (χ1) is 12.4. The van der Waals surface area contributed by atoms with Crippen molar-refractivity contribution in [3.63, 3.8) is 0 Å². The van der Waals surface area contributed by atoms with Crippen molar-refractivity contribution < 1.29 is 13.2 Å². The van der Waals surface area contributed by atoms with Crippen LogP contribution in [0.1, 0.15) is 23.6 Å². The Morgan fingerprint density at radius 2 is 1.73 bits per heavy atom. The molecule has 0 saturated carbocycles. The van der Waals surface area contributed by atoms with Crippen molar-refractivity contribution in [1.29, 1.82) is 0 Å². The first-order valence-corrected chi connectivity index (χ1v) is 10.3. The summed E-state index contributed by atoms with van der Waals surface area (Å²) >= 11 is 0. The molecule has 26 heavy (non-hydrogen) atoms. The summed E-state index contributed by atoms with van der Waals surface area (Å²) in [7, 11) is 1.78. The summed E-state index contributed by atoms with van der Waals surface area (Å²) in [6.45, 7) is 1.38. The van der Waals surface area contributed by atoms with Gasteiger partial charge in [-0.2, -0.15) is 0 Å². The minimum Gasteiger partial charge on any atom is -0.492 e. The Bertz CT molecular complexity index is 848. The Balaban J connectivity index is 1.54. The fourth-order valence-corrected chi connectivity index (χ4v) is 4.28. The van der Waals surface area contributed by atoms with Crippen LogP contribution in [-0.2, 0) is 16.4 Å². The summed E-state index contributed by atoms with van der Waals surface area (Å²) in [6, 6.07) is 15.7. The maximum Gasteiger partial charge on any atom is 0.242 e. The SMILES string of the molecule is CN(CCOc1ccc(S(=O)(=O)N(C)C)cc1)C1CCc2ccccc21. The number of rotatable bonds is 7. The lowest BCUT2D eigenvalue weighted by Gasteiger charge is -2.25. The smallest absolute Gasteiger partial charge is 0.242 e. The second kappa shape index (κ2) is 7.78. The third-order valence-corrected chi connectivity index (χ3v) is 6.78. The van der Waals surface area contributed by atoms with Crippen molar-refractivity contribution in [2.75, 3.05) is 34.3 Å². The van der Waals surface area contributed by atoms with Gasteiger partial charge in [0.15, 0.2) is 0 Å². The van der Waals surface area contributed by atoms with Gasteiger partial charge in [0.25, 0.3) is 0 Å². The number of likely N-dealkylation sites (N-methyl/N-ethyl adjacent to an activating group) is 1. The fraction of sp³-hybridized carbons (Fsp3) is 0.400. The van der Waals surface area contributed by atoms with Crippen LogP contribution in [0.25, 0.3) is 0 Å². The molecule has 2 aromatic rings. The van der Waals surface area contributed by atoms with Crippen LogP contribution < -0.4 is 4.74 Å². The Kier molecular flexibility index (Phi) is 5.65. The van der Waals surface area contributed by atoms with E-state index in [1.54, 1.807) is 24.3 Å². The zero-order chi connectivity index (χ0) is 18.7. The van der Waals surface area contributed by atoms with Crippen molar-refractivity contribution in [2.45, 2.75) is 23.8 Å². The number of nitrogens with zero attached hydrogens (tertiary/aromatic N) is 2. The molecule has 0 aromatic heterocycles. The molecule has 3 rings (SSSR count). The van der Waals surface area contributed by atoms with E-state index in [2.05, 4.69) is 36.2 Å². The molecular weight excluding hydrogens is 348 g/mol. The number of hydrogen-bond donors (Lipinski definition) is 0. The monoisotopic (exact) mass is 374 g/mol. The lowest BCUT2D eigenvalue weighted by molar-refractivity contribution is 0.191. The Morgan fingerprint density at radius 3 is 2.42 bits per heavy atom. The largest absolute Gasteiger partial charge is 0.492 e. The first-order valence-electron chi connectivity index (χ1n) is 8.83. The molecule has 1 unspecified atom stereocenters. The lowest BCUT2D eigenvalue weighted by Crippen LogP contribution is -2.27. The number of sulfonamides is 1. The van der Waals surface area contributed by atoms with Gasteiger partial charge < -0.3 is 4.74 Å². The number of ether oxygens (including phenoxy) is 1. The van der Waals surface area contributed by atoms with Gasteiger partial charge in [-0.15, -0.1) is 0 Å². The number of hydrogen-bond acceptors (Lipinski definition) is 4. The topological polar surface area (TPSA) is 49.9 Å². The molecule has 0 bridgehead atoms. The molecule has 5 nitrogen and oxygen atoms in total. The molecule has 0 radical (unpaired) electrons. The van der Waals surface area contributed by atoms with E-state index in [0.717, 1.165) is 19.4 Å². The van der Waals surface area contributed by atoms with Crippen LogP contribution >= 0.6 is 0 Å². The summed E-state index contributed by atoms with van der Waals surface area (Å²) in [5, 5.41) is 0. The highest BCUT2D eigenvalue weighted by molar-refractivity contribution is 7.89. The maximum absolute atomic E-state index is 12.1. The molecule has 0 heterocycles. The van der Waals surface area contributed by atoms with E-state index in [4.69, 9.17) is 4.74 Å². The zero-order valence-corrected chi connectivity index (χ0v) is 16.4. The van der Waals surface area contributed by atoms with Crippen LogP contribution in [-0.4, -0.2) is 51.9 Å². The van der Waals surface area contributed by atoms with E-state index in [9.17, 15) is 8.42 Å². The van der Waals surface area contributed by atoms with Gasteiger partial charge in [-0.3, -0.25) is 4.90 Å². The van der Waals surface area contributed by atoms with Gasteiger partial charge in [0.05, 0.1) is 4.90 Å². The van der Waals surface area contributed by atoms with Crippen LogP contribution in [0.15, 0.2) is 53.4 Å². The minimum absolute atomic E-state index is 0.273. The van der Waals surface area contributed by atoms with Crippen LogP contribution in [0.4, 0.5) is 0 Å². The molecule has 0 aliphatic heterocycles. The van der Waals surface area contributed by atoms with E-state index in [1.807, 2.05) is 0 Å². The number of aryl methyl sites for hydroxylation is 1. The van der Waals surface area contributed by atoms with Gasteiger partial charge in [-0.25, -0.2) is 12.7 Å². The first kappa shape index (κ1) is 18.9. The third kappa shape index (κ3) is 3.92. The second-order valence-corrected chi connectivity index (χ2v) is 8.99. The van der Waals surface area contributed by atoms with E-state index >= 15 is 0 Å². The molecule has 1 aliphatic rings. The Hall–Kier alpha value is -1.89. The van der Waals surface area contributed by atoms with Gasteiger partial charge in [0, 0.05) is 26.7 Å². The summed E-state index contributed by atoms with van der Waals surface area (Å²) in [6.07, 6.45) is 2.28. The normalized spacial score (nSPS) is 16.9. The molecule has 140 valence electrons. The molecule has 1 aliphatic carbocycles. The summed E-state index contributed by atoms with van der Waals surface area (Å²) in [5.41, 5.74) is 2.87. The number of fused-ring (bicyclic) bond motifs is 1. The van der Waals surface area contributed by atoms with Crippen LogP contribution in [0.2, 0.25) is 0 Å². The average Bonchev–Trinajstić information content (AvgIpc) is 3.06. The lowest BCUT2D eigenvalue weighted by atomic mass is 10.1. The van der Waals surface area contributed by atoms with Gasteiger partial charge in [0.1, 0.15) is 12.4 Å². The minimum atomic E-state index is -3.40. The average molecular weight is 375 g/mol. The predicted molar refractivity (Wildman–Crippen MR) is 103 cm³/mol. The van der Waals surface area contributed by atoms with Gasteiger partial charge in [0.2, 0.25) is 10.0 Å². The van der Waals surface area contributed by atoms with Crippen molar-refractivity contribution in [1.82, 2.24) is 9.21 Å². The second-order valence-electron chi connectivity index (χ2n) is 6.84. The zero-order valence-electron chi connectivity index (χ0n) is 15.6. The van der Waals surface area contributed by atoms with Crippen LogP contribution in [0.5, 0.6) is 5.75 Å². The van der Waals surface area contributed by atoms with Crippen LogP contribution in [0, 0.1) is 0 Å². The summed E-state index contributed by atoms with van der Waals surface area (Å²) in [4.78, 5) is 2.60. The standard InChI is InChI=1S/C20H26N2O3S/c1-21(2)26(23,24)18-11-9-17(10-12-18)25-15-14-22(3)20-13-8-16-6-4-5-7-19(16)20/h4-7,9-12,20H,8,13-15H2,1-3H3. The molecule has 0 spiro atoms. The highest BCUT2D eigenvalue weighted by Gasteiger charge is 2.25. The van der Waals surface area contributed by atoms with Crippen molar-refractivity contribution in [3.8, 4) is 5.75 Å². The number of benzene rings is 2. The van der Waals surface area contributed by atoms with Crippen molar-refractivity contribution >= 4 is 10.0 Å². The third-order valence-electron chi connectivity index (χ3n) is 4.95. The molecule has 0 amide bonds. The molecule has 2 aromatic carbocycles. The van der Waals surface area contributed by atoms with Crippen molar-refractivity contribution in [3.05, 3.63) is 59.7 Å². The highest BCUT2D eigenvalue weighted by Crippen LogP contribution is 2.34. The fourth-order valence-electron chi connectivity index (χ4n) is 3.37. The molecular formula is C20H26N2O3S. The maximum atomic E-state index is 12.1. The quantitative estimate of drug-likeness (QED) is 0.748. The van der Waals surface area contributed by atoms with E-state index in [1.165, 1.54) is 29.5 Å². The van der Waals surface area contributed by atoms with E-state index in [-0.39, 0.29) is 4.90 Å². The van der Waals surface area contributed by atoms with E-state index in [0.29, 0.717) is 18.4 Å². The van der Waals surface area contributed by atoms with Gasteiger partial charge in [-0.1, -0.05) is 24.3 Å². The van der Waals surface area contributed by atoms with Gasteiger partial charge in [-0.05, 0) is 55.3 Å². The van der Waals surface area contributed by atoms with Crippen LogP contribution in [0.3, 0.4) is 0 Å². The van der Waals surface area contributed by atoms with E-state index < -0.39 is 10.0 Å².